The van der Waals surface area contributed by atoms with Crippen LogP contribution in [0.3, 0.4) is 0 Å². The molecule has 1 N–H and O–H groups in total. The van der Waals surface area contributed by atoms with Crippen molar-refractivity contribution in [3.05, 3.63) is 75.9 Å². The SMILES string of the molecule is O=C1CCCC2=C1[C@H](c1ccc(Br)cc1)Nc1c2ccc2ncccc12. The number of Topliss-reactive ketones (excluding diaryl/α,β-unsaturated/α-hetero) is 1. The van der Waals surface area contributed by atoms with Gasteiger partial charge in [0.15, 0.2) is 5.78 Å². The van der Waals surface area contributed by atoms with Crippen LogP contribution in [-0.2, 0) is 4.79 Å². The van der Waals surface area contributed by atoms with Gasteiger partial charge in [0, 0.05) is 33.6 Å². The van der Waals surface area contributed by atoms with E-state index in [1.165, 1.54) is 5.57 Å². The zero-order valence-corrected chi connectivity index (χ0v) is 15.7. The van der Waals surface area contributed by atoms with Crippen LogP contribution in [0.4, 0.5) is 5.69 Å². The molecule has 4 heteroatoms. The predicted molar refractivity (Wildman–Crippen MR) is 108 cm³/mol. The highest BCUT2D eigenvalue weighted by molar-refractivity contribution is 9.10. The lowest BCUT2D eigenvalue weighted by atomic mass is 9.77. The zero-order valence-electron chi connectivity index (χ0n) is 14.1. The number of pyridine rings is 1. The van der Waals surface area contributed by atoms with Crippen LogP contribution < -0.4 is 5.32 Å². The van der Waals surface area contributed by atoms with Gasteiger partial charge in [0.2, 0.25) is 0 Å². The standard InChI is InChI=1S/C22H17BrN2O/c23-14-8-6-13(7-9-14)21-20-15(3-1-5-19(20)26)16-10-11-18-17(22(16)25-21)4-2-12-24-18/h2,4,6-12,21,25H,1,3,5H2/t21-/m0/s1. The Labute approximate surface area is 160 Å². The van der Waals surface area contributed by atoms with Crippen LogP contribution in [-0.4, -0.2) is 10.8 Å². The minimum absolute atomic E-state index is 0.107. The van der Waals surface area contributed by atoms with Gasteiger partial charge >= 0.3 is 0 Å². The molecule has 0 spiro atoms. The average molecular weight is 405 g/mol. The third-order valence-corrected chi connectivity index (χ3v) is 5.88. The van der Waals surface area contributed by atoms with Crippen molar-refractivity contribution in [3.8, 4) is 0 Å². The van der Waals surface area contributed by atoms with E-state index < -0.39 is 0 Å². The Morgan fingerprint density at radius 3 is 2.73 bits per heavy atom. The molecular formula is C22H17BrN2O. The Morgan fingerprint density at radius 1 is 1.04 bits per heavy atom. The van der Waals surface area contributed by atoms with Crippen LogP contribution >= 0.6 is 15.9 Å². The fourth-order valence-electron chi connectivity index (χ4n) is 4.16. The molecule has 0 bridgehead atoms. The van der Waals surface area contributed by atoms with Crippen LogP contribution in [0.15, 0.2) is 64.8 Å². The Kier molecular flexibility index (Phi) is 3.68. The van der Waals surface area contributed by atoms with E-state index in [0.29, 0.717) is 6.42 Å². The van der Waals surface area contributed by atoms with Crippen LogP contribution in [0.1, 0.15) is 36.4 Å². The smallest absolute Gasteiger partial charge is 0.161 e. The number of fused-ring (bicyclic) bond motifs is 4. The summed E-state index contributed by atoms with van der Waals surface area (Å²) < 4.78 is 1.04. The first kappa shape index (κ1) is 15.8. The van der Waals surface area contributed by atoms with Crippen molar-refractivity contribution < 1.29 is 4.79 Å². The molecule has 2 heterocycles. The molecule has 5 rings (SSSR count). The van der Waals surface area contributed by atoms with E-state index in [4.69, 9.17) is 0 Å². The fraction of sp³-hybridized carbons (Fsp3) is 0.182. The molecule has 0 saturated heterocycles. The highest BCUT2D eigenvalue weighted by atomic mass is 79.9. The van der Waals surface area contributed by atoms with E-state index >= 15 is 0 Å². The summed E-state index contributed by atoms with van der Waals surface area (Å²) in [5.74, 6) is 0.267. The second-order valence-corrected chi connectivity index (χ2v) is 7.77. The van der Waals surface area contributed by atoms with Gasteiger partial charge in [-0.05, 0) is 54.3 Å². The molecule has 0 amide bonds. The molecule has 26 heavy (non-hydrogen) atoms. The van der Waals surface area contributed by atoms with Gasteiger partial charge in [-0.1, -0.05) is 34.1 Å². The summed E-state index contributed by atoms with van der Waals surface area (Å²) in [7, 11) is 0. The van der Waals surface area contributed by atoms with Crippen LogP contribution in [0.25, 0.3) is 16.5 Å². The molecule has 1 aliphatic heterocycles. The molecule has 128 valence electrons. The number of nitrogens with zero attached hydrogens (tertiary/aromatic N) is 1. The number of carbonyl (C=O) groups excluding carboxylic acids is 1. The normalized spacial score (nSPS) is 19.1. The fourth-order valence-corrected chi connectivity index (χ4v) is 4.42. The molecule has 3 nitrogen and oxygen atoms in total. The predicted octanol–water partition coefficient (Wildman–Crippen LogP) is 5.67. The maximum Gasteiger partial charge on any atom is 0.161 e. The molecule has 1 atom stereocenters. The van der Waals surface area contributed by atoms with Crippen molar-refractivity contribution in [1.29, 1.82) is 0 Å². The van der Waals surface area contributed by atoms with E-state index in [9.17, 15) is 4.79 Å². The monoisotopic (exact) mass is 404 g/mol. The molecule has 2 aliphatic rings. The maximum atomic E-state index is 12.8. The first-order valence-corrected chi connectivity index (χ1v) is 9.68. The third-order valence-electron chi connectivity index (χ3n) is 5.35. The van der Waals surface area contributed by atoms with Gasteiger partial charge < -0.3 is 5.32 Å². The average Bonchev–Trinajstić information content (AvgIpc) is 2.68. The van der Waals surface area contributed by atoms with Crippen molar-refractivity contribution in [3.63, 3.8) is 0 Å². The minimum atomic E-state index is -0.107. The molecule has 2 aromatic carbocycles. The number of anilines is 1. The summed E-state index contributed by atoms with van der Waals surface area (Å²) in [4.78, 5) is 17.3. The highest BCUT2D eigenvalue weighted by Gasteiger charge is 2.34. The summed E-state index contributed by atoms with van der Waals surface area (Å²) in [5, 5.41) is 4.78. The number of hydrogen-bond acceptors (Lipinski definition) is 3. The third kappa shape index (κ3) is 2.40. The van der Waals surface area contributed by atoms with Crippen LogP contribution in [0, 0.1) is 0 Å². The number of nitrogens with one attached hydrogen (secondary N) is 1. The number of allylic oxidation sites excluding steroid dienone is 1. The lowest BCUT2D eigenvalue weighted by Gasteiger charge is -2.35. The number of benzene rings is 2. The van der Waals surface area contributed by atoms with Gasteiger partial charge in [-0.15, -0.1) is 0 Å². The number of halogens is 1. The topological polar surface area (TPSA) is 42.0 Å². The van der Waals surface area contributed by atoms with E-state index in [1.54, 1.807) is 0 Å². The summed E-state index contributed by atoms with van der Waals surface area (Å²) >= 11 is 3.50. The molecular weight excluding hydrogens is 388 g/mol. The first-order valence-electron chi connectivity index (χ1n) is 8.89. The van der Waals surface area contributed by atoms with E-state index in [2.05, 4.69) is 56.6 Å². The Hall–Kier alpha value is -2.46. The second-order valence-electron chi connectivity index (χ2n) is 6.86. The molecule has 0 saturated carbocycles. The largest absolute Gasteiger partial charge is 0.373 e. The van der Waals surface area contributed by atoms with E-state index in [-0.39, 0.29) is 11.8 Å². The quantitative estimate of drug-likeness (QED) is 0.567. The number of carbonyl (C=O) groups is 1. The molecule has 0 fully saturated rings. The highest BCUT2D eigenvalue weighted by Crippen LogP contribution is 2.47. The maximum absolute atomic E-state index is 12.8. The van der Waals surface area contributed by atoms with Gasteiger partial charge in [0.05, 0.1) is 17.2 Å². The van der Waals surface area contributed by atoms with Crippen molar-refractivity contribution in [2.45, 2.75) is 25.3 Å². The van der Waals surface area contributed by atoms with Crippen molar-refractivity contribution in [2.24, 2.45) is 0 Å². The van der Waals surface area contributed by atoms with Crippen LogP contribution in [0.5, 0.6) is 0 Å². The Morgan fingerprint density at radius 2 is 1.88 bits per heavy atom. The zero-order chi connectivity index (χ0) is 17.7. The van der Waals surface area contributed by atoms with Crippen molar-refractivity contribution in [2.75, 3.05) is 5.32 Å². The Balaban J connectivity index is 1.77. The lowest BCUT2D eigenvalue weighted by molar-refractivity contribution is -0.116. The molecule has 3 aromatic rings. The lowest BCUT2D eigenvalue weighted by Crippen LogP contribution is -2.27. The Bertz CT molecular complexity index is 1070. The second kappa shape index (κ2) is 6.06. The molecule has 0 radical (unpaired) electrons. The van der Waals surface area contributed by atoms with Gasteiger partial charge in [-0.3, -0.25) is 9.78 Å². The van der Waals surface area contributed by atoms with Crippen molar-refractivity contribution in [1.82, 2.24) is 4.98 Å². The van der Waals surface area contributed by atoms with E-state index in [0.717, 1.165) is 50.6 Å². The van der Waals surface area contributed by atoms with E-state index in [1.807, 2.05) is 24.4 Å². The van der Waals surface area contributed by atoms with Gasteiger partial charge in [-0.2, -0.15) is 0 Å². The number of hydrogen-bond donors (Lipinski definition) is 1. The summed E-state index contributed by atoms with van der Waals surface area (Å²) in [6, 6.07) is 16.4. The molecule has 1 aromatic heterocycles. The summed E-state index contributed by atoms with van der Waals surface area (Å²) in [6.45, 7) is 0. The number of ketones is 1. The summed E-state index contributed by atoms with van der Waals surface area (Å²) in [6.07, 6.45) is 4.33. The van der Waals surface area contributed by atoms with Gasteiger partial charge in [0.25, 0.3) is 0 Å². The van der Waals surface area contributed by atoms with Crippen LogP contribution in [0.2, 0.25) is 0 Å². The number of rotatable bonds is 1. The minimum Gasteiger partial charge on any atom is -0.373 e. The van der Waals surface area contributed by atoms with Gasteiger partial charge in [0.1, 0.15) is 0 Å². The molecule has 0 unspecified atom stereocenters. The molecule has 1 aliphatic carbocycles. The number of aromatic nitrogens is 1. The van der Waals surface area contributed by atoms with Crippen molar-refractivity contribution >= 4 is 43.9 Å². The first-order chi connectivity index (χ1) is 12.7. The van der Waals surface area contributed by atoms with Gasteiger partial charge in [-0.25, -0.2) is 0 Å². The summed E-state index contributed by atoms with van der Waals surface area (Å²) in [5.41, 5.74) is 6.48.